The van der Waals surface area contributed by atoms with E-state index in [0.717, 1.165) is 24.3 Å². The lowest BCUT2D eigenvalue weighted by molar-refractivity contribution is -0.128. The summed E-state index contributed by atoms with van der Waals surface area (Å²) in [5.74, 6) is 0.166. The normalized spacial score (nSPS) is 10.1. The smallest absolute Gasteiger partial charge is 0.222 e. The van der Waals surface area contributed by atoms with E-state index in [1.165, 1.54) is 0 Å². The van der Waals surface area contributed by atoms with E-state index in [2.05, 4.69) is 4.90 Å². The number of benzene rings is 1. The molecule has 0 saturated heterocycles. The Balaban J connectivity index is 2.43. The summed E-state index contributed by atoms with van der Waals surface area (Å²) < 4.78 is 0. The Morgan fingerprint density at radius 3 is 2.47 bits per heavy atom. The van der Waals surface area contributed by atoms with E-state index in [9.17, 15) is 4.79 Å². The molecular weight excluding hydrogens is 214 g/mol. The first kappa shape index (κ1) is 13.4. The highest BCUT2D eigenvalue weighted by Gasteiger charge is 2.07. The van der Waals surface area contributed by atoms with E-state index >= 15 is 0 Å². The molecule has 1 aromatic rings. The molecule has 0 fully saturated rings. The van der Waals surface area contributed by atoms with E-state index in [0.29, 0.717) is 6.42 Å². The Kier molecular flexibility index (Phi) is 4.82. The number of amides is 1. The first-order chi connectivity index (χ1) is 8.02. The fourth-order valence-electron chi connectivity index (χ4n) is 1.65. The van der Waals surface area contributed by atoms with Gasteiger partial charge in [-0.2, -0.15) is 0 Å². The molecule has 1 aromatic carbocycles. The van der Waals surface area contributed by atoms with Crippen LogP contribution in [0.5, 0.6) is 0 Å². The predicted molar refractivity (Wildman–Crippen MR) is 72.1 cm³/mol. The van der Waals surface area contributed by atoms with Gasteiger partial charge in [-0.15, -0.1) is 0 Å². The van der Waals surface area contributed by atoms with Crippen LogP contribution in [0.25, 0.3) is 0 Å². The maximum Gasteiger partial charge on any atom is 0.222 e. The van der Waals surface area contributed by atoms with Crippen LogP contribution in [0.4, 0.5) is 11.4 Å². The van der Waals surface area contributed by atoms with Gasteiger partial charge in [0.05, 0.1) is 11.4 Å². The number of hydrogen-bond donors (Lipinski definition) is 1. The number of nitrogens with two attached hydrogens (primary N) is 1. The third-order valence-electron chi connectivity index (χ3n) is 2.73. The molecule has 0 bridgehead atoms. The lowest BCUT2D eigenvalue weighted by Crippen LogP contribution is -2.24. The van der Waals surface area contributed by atoms with Crippen LogP contribution in [0.1, 0.15) is 12.8 Å². The molecule has 0 atom stereocenters. The minimum absolute atomic E-state index is 0.166. The van der Waals surface area contributed by atoms with Crippen molar-refractivity contribution in [2.45, 2.75) is 12.8 Å². The summed E-state index contributed by atoms with van der Waals surface area (Å²) in [7, 11) is 5.55. The van der Waals surface area contributed by atoms with Crippen LogP contribution >= 0.6 is 0 Å². The summed E-state index contributed by atoms with van der Waals surface area (Å²) in [5, 5.41) is 0. The molecule has 0 aliphatic rings. The molecule has 0 saturated carbocycles. The zero-order valence-electron chi connectivity index (χ0n) is 10.8. The van der Waals surface area contributed by atoms with Crippen molar-refractivity contribution >= 4 is 17.3 Å². The lowest BCUT2D eigenvalue weighted by Gasteiger charge is -2.21. The summed E-state index contributed by atoms with van der Waals surface area (Å²) in [6, 6.07) is 7.76. The summed E-state index contributed by atoms with van der Waals surface area (Å²) in [5.41, 5.74) is 7.67. The standard InChI is InChI=1S/C13H21N3O/c1-15(2)13(17)9-6-10-16(3)12-8-5-4-7-11(12)14/h4-5,7-8H,6,9-10,14H2,1-3H3. The first-order valence-corrected chi connectivity index (χ1v) is 5.78. The van der Waals surface area contributed by atoms with Crippen LogP contribution in [0.2, 0.25) is 0 Å². The molecule has 4 heteroatoms. The molecule has 4 nitrogen and oxygen atoms in total. The van der Waals surface area contributed by atoms with Gasteiger partial charge in [0.2, 0.25) is 5.91 Å². The highest BCUT2D eigenvalue weighted by Crippen LogP contribution is 2.21. The molecule has 0 aliphatic carbocycles. The maximum absolute atomic E-state index is 11.4. The Labute approximate surface area is 103 Å². The summed E-state index contributed by atoms with van der Waals surface area (Å²) in [6.45, 7) is 0.827. The number of hydrogen-bond acceptors (Lipinski definition) is 3. The molecule has 2 N–H and O–H groups in total. The van der Waals surface area contributed by atoms with Gasteiger partial charge in [0.1, 0.15) is 0 Å². The van der Waals surface area contributed by atoms with Crippen molar-refractivity contribution in [2.24, 2.45) is 0 Å². The number of nitrogens with zero attached hydrogens (tertiary/aromatic N) is 2. The third kappa shape index (κ3) is 3.98. The van der Waals surface area contributed by atoms with Crippen LogP contribution in [0.3, 0.4) is 0 Å². The fourth-order valence-corrected chi connectivity index (χ4v) is 1.65. The van der Waals surface area contributed by atoms with Crippen molar-refractivity contribution < 1.29 is 4.79 Å². The van der Waals surface area contributed by atoms with Crippen molar-refractivity contribution in [2.75, 3.05) is 38.3 Å². The lowest BCUT2D eigenvalue weighted by atomic mass is 10.2. The minimum atomic E-state index is 0.166. The van der Waals surface area contributed by atoms with Crippen molar-refractivity contribution in [1.29, 1.82) is 0 Å². The van der Waals surface area contributed by atoms with E-state index in [4.69, 9.17) is 5.73 Å². The average molecular weight is 235 g/mol. The zero-order valence-corrected chi connectivity index (χ0v) is 10.8. The molecule has 17 heavy (non-hydrogen) atoms. The van der Waals surface area contributed by atoms with Crippen molar-refractivity contribution in [3.05, 3.63) is 24.3 Å². The number of para-hydroxylation sites is 2. The molecule has 0 aliphatic heterocycles. The largest absolute Gasteiger partial charge is 0.397 e. The summed E-state index contributed by atoms with van der Waals surface area (Å²) in [6.07, 6.45) is 1.41. The molecule has 1 rings (SSSR count). The Morgan fingerprint density at radius 2 is 1.88 bits per heavy atom. The SMILES string of the molecule is CN(C)C(=O)CCCN(C)c1ccccc1N. The number of carbonyl (C=O) groups is 1. The van der Waals surface area contributed by atoms with E-state index in [1.54, 1.807) is 19.0 Å². The Morgan fingerprint density at radius 1 is 1.24 bits per heavy atom. The number of nitrogen functional groups attached to an aromatic ring is 1. The third-order valence-corrected chi connectivity index (χ3v) is 2.73. The zero-order chi connectivity index (χ0) is 12.8. The number of rotatable bonds is 5. The van der Waals surface area contributed by atoms with Crippen LogP contribution in [-0.4, -0.2) is 38.5 Å². The average Bonchev–Trinajstić information content (AvgIpc) is 2.29. The predicted octanol–water partition coefficient (Wildman–Crippen LogP) is 1.57. The molecule has 0 radical (unpaired) electrons. The van der Waals surface area contributed by atoms with Crippen LogP contribution in [-0.2, 0) is 4.79 Å². The van der Waals surface area contributed by atoms with Crippen LogP contribution < -0.4 is 10.6 Å². The first-order valence-electron chi connectivity index (χ1n) is 5.78. The van der Waals surface area contributed by atoms with Gasteiger partial charge in [-0.05, 0) is 18.6 Å². The van der Waals surface area contributed by atoms with Gasteiger partial charge in [-0.1, -0.05) is 12.1 Å². The van der Waals surface area contributed by atoms with Gasteiger partial charge >= 0.3 is 0 Å². The molecule has 0 unspecified atom stereocenters. The van der Waals surface area contributed by atoms with E-state index in [-0.39, 0.29) is 5.91 Å². The van der Waals surface area contributed by atoms with Crippen LogP contribution in [0.15, 0.2) is 24.3 Å². The number of carbonyl (C=O) groups excluding carboxylic acids is 1. The second-order valence-corrected chi connectivity index (χ2v) is 4.37. The molecule has 94 valence electrons. The van der Waals surface area contributed by atoms with E-state index < -0.39 is 0 Å². The maximum atomic E-state index is 11.4. The topological polar surface area (TPSA) is 49.6 Å². The Hall–Kier alpha value is -1.71. The van der Waals surface area contributed by atoms with Gasteiger partial charge in [-0.25, -0.2) is 0 Å². The van der Waals surface area contributed by atoms with Crippen molar-refractivity contribution in [3.63, 3.8) is 0 Å². The van der Waals surface area contributed by atoms with Gasteiger partial charge in [0.25, 0.3) is 0 Å². The molecule has 0 heterocycles. The second-order valence-electron chi connectivity index (χ2n) is 4.37. The second kappa shape index (κ2) is 6.13. The molecule has 1 amide bonds. The summed E-state index contributed by atoms with van der Waals surface area (Å²) in [4.78, 5) is 15.1. The van der Waals surface area contributed by atoms with Gasteiger partial charge in [0.15, 0.2) is 0 Å². The quantitative estimate of drug-likeness (QED) is 0.788. The van der Waals surface area contributed by atoms with Crippen molar-refractivity contribution in [3.8, 4) is 0 Å². The summed E-state index contributed by atoms with van der Waals surface area (Å²) >= 11 is 0. The van der Waals surface area contributed by atoms with E-state index in [1.807, 2.05) is 31.3 Å². The minimum Gasteiger partial charge on any atom is -0.397 e. The monoisotopic (exact) mass is 235 g/mol. The van der Waals surface area contributed by atoms with Gasteiger partial charge in [0, 0.05) is 34.1 Å². The van der Waals surface area contributed by atoms with Crippen LogP contribution in [0, 0.1) is 0 Å². The molecule has 0 spiro atoms. The van der Waals surface area contributed by atoms with Gasteiger partial charge in [-0.3, -0.25) is 4.79 Å². The molecule has 0 aromatic heterocycles. The highest BCUT2D eigenvalue weighted by atomic mass is 16.2. The fraction of sp³-hybridized carbons (Fsp3) is 0.462. The highest BCUT2D eigenvalue weighted by molar-refractivity contribution is 5.75. The van der Waals surface area contributed by atoms with Crippen molar-refractivity contribution in [1.82, 2.24) is 4.90 Å². The molecular formula is C13H21N3O. The Bertz CT molecular complexity index is 377. The number of anilines is 2. The van der Waals surface area contributed by atoms with Gasteiger partial charge < -0.3 is 15.5 Å².